The Labute approximate surface area is 170 Å². The van der Waals surface area contributed by atoms with Crippen molar-refractivity contribution in [2.45, 2.75) is 5.16 Å². The van der Waals surface area contributed by atoms with Gasteiger partial charge in [0.15, 0.2) is 17.3 Å². The Morgan fingerprint density at radius 2 is 1.86 bits per heavy atom. The van der Waals surface area contributed by atoms with Crippen molar-refractivity contribution in [2.75, 3.05) is 14.2 Å². The van der Waals surface area contributed by atoms with E-state index in [1.807, 2.05) is 0 Å². The number of aromatic nitrogens is 3. The van der Waals surface area contributed by atoms with Crippen LogP contribution < -0.4 is 9.47 Å². The van der Waals surface area contributed by atoms with E-state index in [1.54, 1.807) is 42.5 Å². The average molecular weight is 418 g/mol. The number of carbonyl (C=O) groups is 1. The largest absolute Gasteiger partial charge is 0.493 e. The summed E-state index contributed by atoms with van der Waals surface area (Å²) in [6, 6.07) is 12.2. The molecule has 7 nitrogen and oxygen atoms in total. The molecule has 3 rings (SSSR count). The summed E-state index contributed by atoms with van der Waals surface area (Å²) in [7, 11) is 3.05. The highest BCUT2D eigenvalue weighted by atomic mass is 35.5. The van der Waals surface area contributed by atoms with Gasteiger partial charge in [0.05, 0.1) is 14.2 Å². The average Bonchev–Trinajstić information content (AvgIpc) is 3.16. The number of hydrogen-bond donors (Lipinski definition) is 2. The number of hydrogen-bond acceptors (Lipinski definition) is 6. The van der Waals surface area contributed by atoms with Gasteiger partial charge in [-0.15, -0.1) is 5.10 Å². The van der Waals surface area contributed by atoms with Crippen LogP contribution in [0.2, 0.25) is 5.02 Å². The van der Waals surface area contributed by atoms with Gasteiger partial charge in [-0.25, -0.2) is 9.78 Å². The van der Waals surface area contributed by atoms with Crippen LogP contribution in [0.3, 0.4) is 0 Å². The molecule has 0 unspecified atom stereocenters. The number of ether oxygens (including phenoxy) is 2. The number of thioether (sulfide) groups is 1. The fourth-order valence-electron chi connectivity index (χ4n) is 2.36. The van der Waals surface area contributed by atoms with E-state index in [9.17, 15) is 9.90 Å². The summed E-state index contributed by atoms with van der Waals surface area (Å²) in [6.07, 6.45) is 1.52. The molecule has 0 saturated carbocycles. The van der Waals surface area contributed by atoms with Crippen molar-refractivity contribution in [3.05, 3.63) is 58.0 Å². The van der Waals surface area contributed by atoms with Crippen LogP contribution in [0.5, 0.6) is 11.5 Å². The second-order valence-electron chi connectivity index (χ2n) is 5.50. The van der Waals surface area contributed by atoms with Crippen LogP contribution >= 0.6 is 23.4 Å². The number of aromatic amines is 1. The Balaban J connectivity index is 1.85. The second kappa shape index (κ2) is 8.81. The lowest BCUT2D eigenvalue weighted by Gasteiger charge is -2.08. The van der Waals surface area contributed by atoms with Crippen molar-refractivity contribution >= 4 is 35.4 Å². The van der Waals surface area contributed by atoms with E-state index in [-0.39, 0.29) is 4.91 Å². The number of carboxylic acids is 1. The van der Waals surface area contributed by atoms with Gasteiger partial charge < -0.3 is 14.6 Å². The number of nitrogens with zero attached hydrogens (tertiary/aromatic N) is 2. The topological polar surface area (TPSA) is 97.3 Å². The molecule has 0 atom stereocenters. The van der Waals surface area contributed by atoms with Crippen LogP contribution in [0, 0.1) is 0 Å². The molecule has 0 radical (unpaired) electrons. The highest BCUT2D eigenvalue weighted by Crippen LogP contribution is 2.31. The van der Waals surface area contributed by atoms with E-state index in [0.29, 0.717) is 33.1 Å². The molecule has 2 aromatic carbocycles. The highest BCUT2D eigenvalue weighted by Gasteiger charge is 2.15. The predicted octanol–water partition coefficient (Wildman–Crippen LogP) is 4.36. The molecular formula is C19H16ClN3O4S. The van der Waals surface area contributed by atoms with Crippen LogP contribution in [0.25, 0.3) is 17.5 Å². The molecule has 1 aromatic heterocycles. The van der Waals surface area contributed by atoms with Gasteiger partial charge in [-0.1, -0.05) is 17.7 Å². The van der Waals surface area contributed by atoms with Gasteiger partial charge in [-0.2, -0.15) is 0 Å². The first-order chi connectivity index (χ1) is 13.5. The van der Waals surface area contributed by atoms with Gasteiger partial charge in [0, 0.05) is 10.6 Å². The summed E-state index contributed by atoms with van der Waals surface area (Å²) in [5.41, 5.74) is 1.44. The number of aliphatic carboxylic acids is 1. The van der Waals surface area contributed by atoms with E-state index in [4.69, 9.17) is 21.1 Å². The first kappa shape index (κ1) is 19.8. The lowest BCUT2D eigenvalue weighted by atomic mass is 10.2. The van der Waals surface area contributed by atoms with Gasteiger partial charge in [0.1, 0.15) is 4.91 Å². The molecule has 0 aliphatic heterocycles. The summed E-state index contributed by atoms with van der Waals surface area (Å²) in [4.78, 5) is 16.1. The molecule has 0 amide bonds. The Morgan fingerprint density at radius 3 is 2.50 bits per heavy atom. The molecule has 0 bridgehead atoms. The zero-order valence-electron chi connectivity index (χ0n) is 15.0. The molecule has 0 aliphatic carbocycles. The van der Waals surface area contributed by atoms with Crippen molar-refractivity contribution in [1.82, 2.24) is 15.2 Å². The Bertz CT molecular complexity index is 1020. The molecule has 0 aliphatic rings. The van der Waals surface area contributed by atoms with Crippen LogP contribution in [-0.2, 0) is 4.79 Å². The van der Waals surface area contributed by atoms with Gasteiger partial charge in [0.25, 0.3) is 0 Å². The third-order valence-electron chi connectivity index (χ3n) is 3.70. The summed E-state index contributed by atoms with van der Waals surface area (Å²) in [5, 5.41) is 17.3. The molecule has 0 saturated heterocycles. The molecule has 0 fully saturated rings. The number of H-pyrrole nitrogens is 1. The number of rotatable bonds is 7. The summed E-state index contributed by atoms with van der Waals surface area (Å²) in [5.74, 6) is 0.507. The predicted molar refractivity (Wildman–Crippen MR) is 108 cm³/mol. The van der Waals surface area contributed by atoms with E-state index >= 15 is 0 Å². The van der Waals surface area contributed by atoms with Crippen LogP contribution in [0.1, 0.15) is 5.56 Å². The monoisotopic (exact) mass is 417 g/mol. The van der Waals surface area contributed by atoms with Gasteiger partial charge in [-0.3, -0.25) is 5.10 Å². The molecular weight excluding hydrogens is 402 g/mol. The summed E-state index contributed by atoms with van der Waals surface area (Å²) < 4.78 is 10.4. The normalized spacial score (nSPS) is 11.3. The number of halogens is 1. The van der Waals surface area contributed by atoms with Crippen molar-refractivity contribution < 1.29 is 19.4 Å². The summed E-state index contributed by atoms with van der Waals surface area (Å²) in [6.45, 7) is 0. The minimum absolute atomic E-state index is 0.0638. The zero-order chi connectivity index (χ0) is 20.1. The Hall–Kier alpha value is -2.97. The highest BCUT2D eigenvalue weighted by molar-refractivity contribution is 8.04. The van der Waals surface area contributed by atoms with Crippen molar-refractivity contribution in [3.8, 4) is 22.9 Å². The van der Waals surface area contributed by atoms with E-state index in [0.717, 1.165) is 17.3 Å². The summed E-state index contributed by atoms with van der Waals surface area (Å²) >= 11 is 6.83. The van der Waals surface area contributed by atoms with Gasteiger partial charge in [-0.05, 0) is 59.8 Å². The van der Waals surface area contributed by atoms with Crippen molar-refractivity contribution in [3.63, 3.8) is 0 Å². The van der Waals surface area contributed by atoms with Crippen LogP contribution in [-0.4, -0.2) is 40.5 Å². The van der Waals surface area contributed by atoms with Gasteiger partial charge >= 0.3 is 5.97 Å². The standard InChI is InChI=1S/C19H16ClN3O4S/c1-26-14-8-3-11(9-15(14)27-2)10-16(18(24)25)28-19-21-17(22-23-19)12-4-6-13(20)7-5-12/h3-10H,1-2H3,(H,24,25)(H,21,22,23)/b16-10-. The molecule has 2 N–H and O–H groups in total. The van der Waals surface area contributed by atoms with E-state index in [1.165, 1.54) is 20.3 Å². The lowest BCUT2D eigenvalue weighted by molar-refractivity contribution is -0.131. The smallest absolute Gasteiger partial charge is 0.342 e. The molecule has 28 heavy (non-hydrogen) atoms. The third kappa shape index (κ3) is 4.65. The van der Waals surface area contributed by atoms with E-state index < -0.39 is 5.97 Å². The Kier molecular flexibility index (Phi) is 6.23. The fourth-order valence-corrected chi connectivity index (χ4v) is 3.19. The maximum absolute atomic E-state index is 11.7. The minimum Gasteiger partial charge on any atom is -0.493 e. The second-order valence-corrected chi connectivity index (χ2v) is 6.95. The van der Waals surface area contributed by atoms with Crippen molar-refractivity contribution in [1.29, 1.82) is 0 Å². The number of nitrogens with one attached hydrogen (secondary N) is 1. The number of methoxy groups -OCH3 is 2. The van der Waals surface area contributed by atoms with Crippen LogP contribution in [0.15, 0.2) is 52.5 Å². The van der Waals surface area contributed by atoms with Crippen LogP contribution in [0.4, 0.5) is 0 Å². The molecule has 1 heterocycles. The lowest BCUT2D eigenvalue weighted by Crippen LogP contribution is -1.97. The first-order valence-electron chi connectivity index (χ1n) is 8.03. The van der Waals surface area contributed by atoms with E-state index in [2.05, 4.69) is 15.2 Å². The quantitative estimate of drug-likeness (QED) is 0.435. The first-order valence-corrected chi connectivity index (χ1v) is 9.23. The Morgan fingerprint density at radius 1 is 1.14 bits per heavy atom. The molecule has 0 spiro atoms. The zero-order valence-corrected chi connectivity index (χ0v) is 16.5. The maximum Gasteiger partial charge on any atom is 0.342 e. The fraction of sp³-hybridized carbons (Fsp3) is 0.105. The molecule has 9 heteroatoms. The molecule has 144 valence electrons. The number of benzene rings is 2. The van der Waals surface area contributed by atoms with Crippen molar-refractivity contribution in [2.24, 2.45) is 0 Å². The minimum atomic E-state index is -1.09. The van der Waals surface area contributed by atoms with Gasteiger partial charge in [0.2, 0.25) is 5.16 Å². The molecule has 3 aromatic rings. The third-order valence-corrected chi connectivity index (χ3v) is 4.83. The maximum atomic E-state index is 11.7. The SMILES string of the molecule is COc1ccc(/C=C(\Sc2n[nH]c(-c3ccc(Cl)cc3)n2)C(=O)O)cc1OC. The number of carboxylic acid groups (broad SMARTS) is 1.